The molecule has 168 valence electrons. The van der Waals surface area contributed by atoms with Gasteiger partial charge in [0.1, 0.15) is 5.54 Å². The van der Waals surface area contributed by atoms with Crippen molar-refractivity contribution in [3.63, 3.8) is 0 Å². The molecule has 1 aliphatic heterocycles. The highest BCUT2D eigenvalue weighted by atomic mass is 16.5. The molecule has 3 aliphatic rings. The number of carbonyl (C=O) groups is 1. The number of nitrogens with two attached hydrogens (primary N) is 1. The quantitative estimate of drug-likeness (QED) is 0.594. The van der Waals surface area contributed by atoms with Crippen LogP contribution in [-0.4, -0.2) is 49.6 Å². The summed E-state index contributed by atoms with van der Waals surface area (Å²) in [5, 5.41) is 0. The first-order valence-electron chi connectivity index (χ1n) is 12.1. The van der Waals surface area contributed by atoms with Crippen LogP contribution in [0.15, 0.2) is 4.99 Å². The molecule has 0 bridgehead atoms. The molecule has 0 aromatic rings. The van der Waals surface area contributed by atoms with Crippen molar-refractivity contribution in [3.8, 4) is 6.07 Å². The lowest BCUT2D eigenvalue weighted by Crippen LogP contribution is -2.44. The molecule has 1 unspecified atom stereocenters. The van der Waals surface area contributed by atoms with E-state index in [4.69, 9.17) is 15.5 Å². The molecule has 2 aliphatic carbocycles. The maximum Gasteiger partial charge on any atom is 0.276 e. The molecule has 0 aromatic carbocycles. The molecule has 2 N–H and O–H groups in total. The summed E-state index contributed by atoms with van der Waals surface area (Å²) >= 11 is 0. The summed E-state index contributed by atoms with van der Waals surface area (Å²) in [6.45, 7) is 1.53. The first-order valence-corrected chi connectivity index (χ1v) is 12.1. The molecule has 6 nitrogen and oxygen atoms in total. The number of methoxy groups -OCH3 is 1. The maximum absolute atomic E-state index is 13.2. The number of rotatable bonds is 8. The van der Waals surface area contributed by atoms with Crippen LogP contribution in [0.3, 0.4) is 0 Å². The molecule has 2 fully saturated rings. The normalized spacial score (nSPS) is 30.1. The molecular weight excluding hydrogens is 376 g/mol. The van der Waals surface area contributed by atoms with E-state index in [0.29, 0.717) is 17.8 Å². The number of hydrogen-bond acceptors (Lipinski definition) is 4. The average molecular weight is 418 g/mol. The second kappa shape index (κ2) is 11.1. The van der Waals surface area contributed by atoms with Crippen LogP contribution in [0.5, 0.6) is 0 Å². The van der Waals surface area contributed by atoms with Gasteiger partial charge in [0.2, 0.25) is 0 Å². The number of aliphatic imine (C=N–C) groups is 1. The fraction of sp³-hybridized carbons (Fsp3) is 0.875. The van der Waals surface area contributed by atoms with Gasteiger partial charge in [-0.05, 0) is 43.9 Å². The lowest BCUT2D eigenvalue weighted by Gasteiger charge is -2.33. The van der Waals surface area contributed by atoms with Gasteiger partial charge in [-0.1, -0.05) is 49.8 Å². The van der Waals surface area contributed by atoms with E-state index in [9.17, 15) is 4.79 Å². The van der Waals surface area contributed by atoms with Crippen LogP contribution in [-0.2, 0) is 9.53 Å². The molecule has 3 atom stereocenters. The standard InChI is InChI=1S/C24H41N4O2/c1-28-22(29)24(27-23(28)25,13-12-19-8-4-3-5-9-19)17-20-10-6-11-21(16-20)18-26-14-7-15-30-2/h19-21H,3-17H2,1-2H3,(H2,25,27)/q+1/t20-,21?,24+/m0/s1. The number of nitrogens with zero attached hydrogens (tertiary/aromatic N) is 3. The van der Waals surface area contributed by atoms with Gasteiger partial charge in [0, 0.05) is 20.6 Å². The fourth-order valence-corrected chi connectivity index (χ4v) is 5.63. The van der Waals surface area contributed by atoms with E-state index in [1.165, 1.54) is 44.9 Å². The average Bonchev–Trinajstić information content (AvgIpc) is 2.97. The first kappa shape index (κ1) is 23.1. The molecule has 0 saturated heterocycles. The number of guanidine groups is 1. The minimum atomic E-state index is -0.640. The maximum atomic E-state index is 13.2. The van der Waals surface area contributed by atoms with Crippen LogP contribution in [0.25, 0.3) is 4.85 Å². The summed E-state index contributed by atoms with van der Waals surface area (Å²) in [4.78, 5) is 24.1. The van der Waals surface area contributed by atoms with E-state index in [0.717, 1.165) is 57.6 Å². The van der Waals surface area contributed by atoms with E-state index in [-0.39, 0.29) is 5.91 Å². The molecular formula is C24H41N4O2+. The number of hydrogen-bond donors (Lipinski definition) is 1. The van der Waals surface area contributed by atoms with Gasteiger partial charge in [0.25, 0.3) is 18.5 Å². The van der Waals surface area contributed by atoms with Crippen LogP contribution in [0, 0.1) is 23.8 Å². The molecule has 6 heteroatoms. The Kier molecular flexibility index (Phi) is 8.56. The van der Waals surface area contributed by atoms with Gasteiger partial charge in [0.15, 0.2) is 5.96 Å². The third-order valence-corrected chi connectivity index (χ3v) is 7.37. The molecule has 1 amide bonds. The monoisotopic (exact) mass is 417 g/mol. The van der Waals surface area contributed by atoms with Crippen molar-refractivity contribution >= 4 is 11.9 Å². The Morgan fingerprint density at radius 1 is 1.20 bits per heavy atom. The lowest BCUT2D eigenvalue weighted by molar-refractivity contribution is -0.131. The summed E-state index contributed by atoms with van der Waals surface area (Å²) in [5.74, 6) is 2.14. The summed E-state index contributed by atoms with van der Waals surface area (Å²) in [6.07, 6.45) is 14.9. The van der Waals surface area contributed by atoms with Gasteiger partial charge in [-0.15, -0.1) is 0 Å². The van der Waals surface area contributed by atoms with Gasteiger partial charge < -0.3 is 10.5 Å². The topological polar surface area (TPSA) is 72.3 Å². The molecule has 2 saturated carbocycles. The van der Waals surface area contributed by atoms with Crippen molar-refractivity contribution in [1.29, 1.82) is 0 Å². The number of ether oxygens (including phenoxy) is 1. The van der Waals surface area contributed by atoms with Crippen LogP contribution < -0.4 is 5.73 Å². The van der Waals surface area contributed by atoms with Crippen molar-refractivity contribution in [1.82, 2.24) is 4.90 Å². The summed E-state index contributed by atoms with van der Waals surface area (Å²) < 4.78 is 5.08. The Balaban J connectivity index is 1.62. The molecule has 1 heterocycles. The Labute approximate surface area is 182 Å². The zero-order chi connectivity index (χ0) is 21.4. The lowest BCUT2D eigenvalue weighted by atomic mass is 9.73. The second-order valence-electron chi connectivity index (χ2n) is 9.70. The largest absolute Gasteiger partial charge is 0.384 e. The minimum absolute atomic E-state index is 0.107. The van der Waals surface area contributed by atoms with Gasteiger partial charge in [-0.3, -0.25) is 9.69 Å². The highest BCUT2D eigenvalue weighted by Crippen LogP contribution is 2.41. The van der Waals surface area contributed by atoms with Gasteiger partial charge in [-0.2, -0.15) is 0 Å². The number of likely N-dealkylation sites (N-methyl/N-ethyl adjacent to an activating group) is 1. The Morgan fingerprint density at radius 3 is 2.67 bits per heavy atom. The summed E-state index contributed by atoms with van der Waals surface area (Å²) in [5.41, 5.74) is 5.47. The van der Waals surface area contributed by atoms with E-state index >= 15 is 0 Å². The smallest absolute Gasteiger partial charge is 0.276 e. The molecule has 0 aromatic heterocycles. The van der Waals surface area contributed by atoms with Crippen molar-refractivity contribution in [2.45, 2.75) is 89.0 Å². The SMILES string of the molecule is COCCC[N+]#CC1CCC[C@H](C[C@@]2(CCC3CCCCC3)N=C(N)N(C)C2=O)C1. The van der Waals surface area contributed by atoms with Gasteiger partial charge >= 0.3 is 0 Å². The number of carbonyl (C=O) groups excluding carboxylic acids is 1. The van der Waals surface area contributed by atoms with Crippen molar-refractivity contribution < 1.29 is 9.53 Å². The predicted octanol–water partition coefficient (Wildman–Crippen LogP) is 4.44. The minimum Gasteiger partial charge on any atom is -0.384 e. The Bertz CT molecular complexity index is 662. The fourth-order valence-electron chi connectivity index (χ4n) is 5.63. The van der Waals surface area contributed by atoms with Crippen LogP contribution in [0.4, 0.5) is 0 Å². The van der Waals surface area contributed by atoms with Crippen molar-refractivity contribution in [3.05, 3.63) is 4.85 Å². The van der Waals surface area contributed by atoms with Crippen molar-refractivity contribution in [2.75, 3.05) is 27.3 Å². The summed E-state index contributed by atoms with van der Waals surface area (Å²) in [6, 6.07) is 3.37. The molecule has 0 radical (unpaired) electrons. The predicted molar refractivity (Wildman–Crippen MR) is 122 cm³/mol. The zero-order valence-corrected chi connectivity index (χ0v) is 19.1. The van der Waals surface area contributed by atoms with Gasteiger partial charge in [0.05, 0.1) is 12.5 Å². The van der Waals surface area contributed by atoms with E-state index in [1.54, 1.807) is 19.1 Å². The van der Waals surface area contributed by atoms with Gasteiger partial charge in [-0.25, -0.2) is 4.99 Å². The van der Waals surface area contributed by atoms with Crippen LogP contribution in [0.1, 0.15) is 83.5 Å². The van der Waals surface area contributed by atoms with Crippen LogP contribution >= 0.6 is 0 Å². The third kappa shape index (κ3) is 5.97. The summed E-state index contributed by atoms with van der Waals surface area (Å²) in [7, 11) is 3.49. The third-order valence-electron chi connectivity index (χ3n) is 7.37. The highest BCUT2D eigenvalue weighted by molar-refractivity contribution is 6.06. The number of amides is 1. The van der Waals surface area contributed by atoms with Crippen LogP contribution in [0.2, 0.25) is 0 Å². The van der Waals surface area contributed by atoms with E-state index in [1.807, 2.05) is 0 Å². The van der Waals surface area contributed by atoms with Crippen molar-refractivity contribution in [2.24, 2.45) is 28.5 Å². The zero-order valence-electron chi connectivity index (χ0n) is 19.1. The highest BCUT2D eigenvalue weighted by Gasteiger charge is 2.48. The first-order chi connectivity index (χ1) is 14.5. The molecule has 3 rings (SSSR count). The Morgan fingerprint density at radius 2 is 1.97 bits per heavy atom. The van der Waals surface area contributed by atoms with E-state index in [2.05, 4.69) is 10.9 Å². The second-order valence-corrected chi connectivity index (χ2v) is 9.70. The molecule has 0 spiro atoms. The molecule has 30 heavy (non-hydrogen) atoms. The Hall–Kier alpha value is -1.61. The van der Waals surface area contributed by atoms with E-state index < -0.39 is 5.54 Å².